The quantitative estimate of drug-likeness (QED) is 0.864. The van der Waals surface area contributed by atoms with Crippen LogP contribution < -0.4 is 4.74 Å². The van der Waals surface area contributed by atoms with Crippen molar-refractivity contribution in [3.8, 4) is 5.75 Å². The molecule has 2 aromatic rings. The molecule has 3 nitrogen and oxygen atoms in total. The molecule has 0 spiro atoms. The maximum absolute atomic E-state index is 12.0. The summed E-state index contributed by atoms with van der Waals surface area (Å²) in [6, 6.07) is 3.22. The van der Waals surface area contributed by atoms with Crippen LogP contribution >= 0.6 is 15.9 Å². The first kappa shape index (κ1) is 13.1. The van der Waals surface area contributed by atoms with E-state index in [-0.39, 0.29) is 0 Å². The Morgan fingerprint density at radius 2 is 2.06 bits per heavy atom. The molecule has 0 bridgehead atoms. The molecular formula is C11H8BrF3N2O. The van der Waals surface area contributed by atoms with E-state index in [4.69, 9.17) is 4.74 Å². The number of ether oxygens (including phenoxy) is 1. The van der Waals surface area contributed by atoms with E-state index in [1.54, 1.807) is 12.3 Å². The second-order valence-corrected chi connectivity index (χ2v) is 4.46. The zero-order chi connectivity index (χ0) is 13.2. The van der Waals surface area contributed by atoms with Gasteiger partial charge in [-0.1, -0.05) is 0 Å². The summed E-state index contributed by atoms with van der Waals surface area (Å²) in [6.07, 6.45) is -2.20. The molecule has 0 atom stereocenters. The largest absolute Gasteiger partial charge is 0.491 e. The summed E-state index contributed by atoms with van der Waals surface area (Å²) in [7, 11) is 0. The highest BCUT2D eigenvalue weighted by atomic mass is 79.9. The van der Waals surface area contributed by atoms with Crippen LogP contribution in [-0.4, -0.2) is 22.8 Å². The van der Waals surface area contributed by atoms with Crippen LogP contribution in [0.1, 0.15) is 6.42 Å². The second kappa shape index (κ2) is 5.09. The molecule has 2 rings (SSSR count). The van der Waals surface area contributed by atoms with Crippen molar-refractivity contribution in [1.82, 2.24) is 9.97 Å². The Morgan fingerprint density at radius 3 is 2.78 bits per heavy atom. The van der Waals surface area contributed by atoms with Gasteiger partial charge in [0.25, 0.3) is 0 Å². The van der Waals surface area contributed by atoms with Crippen molar-refractivity contribution in [3.63, 3.8) is 0 Å². The van der Waals surface area contributed by atoms with Crippen LogP contribution in [0.5, 0.6) is 5.75 Å². The summed E-state index contributed by atoms with van der Waals surface area (Å²) in [5, 5.41) is 0. The number of fused-ring (bicyclic) bond motifs is 1. The Hall–Kier alpha value is -1.37. The molecule has 18 heavy (non-hydrogen) atoms. The fraction of sp³-hybridized carbons (Fsp3) is 0.273. The lowest BCUT2D eigenvalue weighted by atomic mass is 10.3. The van der Waals surface area contributed by atoms with Crippen LogP contribution in [0.2, 0.25) is 0 Å². The van der Waals surface area contributed by atoms with Gasteiger partial charge in [-0.3, -0.25) is 4.98 Å². The van der Waals surface area contributed by atoms with Crippen molar-refractivity contribution >= 4 is 27.0 Å². The van der Waals surface area contributed by atoms with Crippen LogP contribution in [-0.2, 0) is 0 Å². The van der Waals surface area contributed by atoms with E-state index in [0.29, 0.717) is 16.8 Å². The number of rotatable bonds is 3. The molecular weight excluding hydrogens is 313 g/mol. The van der Waals surface area contributed by atoms with Crippen molar-refractivity contribution in [2.24, 2.45) is 0 Å². The number of hydrogen-bond acceptors (Lipinski definition) is 3. The molecule has 0 amide bonds. The van der Waals surface area contributed by atoms with Gasteiger partial charge in [0.05, 0.1) is 18.5 Å². The highest BCUT2D eigenvalue weighted by Gasteiger charge is 2.27. The van der Waals surface area contributed by atoms with Crippen molar-refractivity contribution in [2.45, 2.75) is 12.6 Å². The first-order valence-corrected chi connectivity index (χ1v) is 5.85. The third kappa shape index (κ3) is 3.32. The lowest BCUT2D eigenvalue weighted by Crippen LogP contribution is -2.13. The predicted octanol–water partition coefficient (Wildman–Crippen LogP) is 3.72. The number of nitrogens with zero attached hydrogens (tertiary/aromatic N) is 2. The van der Waals surface area contributed by atoms with E-state index in [0.717, 1.165) is 4.47 Å². The van der Waals surface area contributed by atoms with Gasteiger partial charge in [-0.2, -0.15) is 13.2 Å². The molecule has 0 saturated heterocycles. The Kier molecular flexibility index (Phi) is 3.70. The van der Waals surface area contributed by atoms with E-state index in [2.05, 4.69) is 25.9 Å². The zero-order valence-corrected chi connectivity index (χ0v) is 10.6. The van der Waals surface area contributed by atoms with E-state index in [9.17, 15) is 13.2 Å². The topological polar surface area (TPSA) is 35.0 Å². The number of halogens is 4. The van der Waals surface area contributed by atoms with E-state index >= 15 is 0 Å². The minimum Gasteiger partial charge on any atom is -0.491 e. The monoisotopic (exact) mass is 320 g/mol. The molecule has 0 N–H and O–H groups in total. The van der Waals surface area contributed by atoms with Gasteiger partial charge in [0.2, 0.25) is 0 Å². The standard InChI is InChI=1S/C11H8BrF3N2O/c12-7-5-8-10(17-6-7)9(1-3-16-8)18-4-2-11(13,14)15/h1,3,5-6H,2,4H2. The van der Waals surface area contributed by atoms with Gasteiger partial charge in [0, 0.05) is 22.9 Å². The van der Waals surface area contributed by atoms with Gasteiger partial charge in [-0.15, -0.1) is 0 Å². The predicted molar refractivity (Wildman–Crippen MR) is 63.4 cm³/mol. The molecule has 96 valence electrons. The summed E-state index contributed by atoms with van der Waals surface area (Å²) >= 11 is 3.24. The first-order chi connectivity index (χ1) is 8.46. The lowest BCUT2D eigenvalue weighted by Gasteiger charge is -2.09. The Bertz CT molecular complexity index is 559. The van der Waals surface area contributed by atoms with E-state index < -0.39 is 19.2 Å². The molecule has 0 saturated carbocycles. The molecule has 0 aliphatic rings. The molecule has 0 radical (unpaired) electrons. The number of hydrogen-bond donors (Lipinski definition) is 0. The molecule has 2 heterocycles. The SMILES string of the molecule is FC(F)(F)CCOc1ccnc2cc(Br)cnc12. The highest BCUT2D eigenvalue weighted by molar-refractivity contribution is 9.10. The van der Waals surface area contributed by atoms with Gasteiger partial charge < -0.3 is 4.74 Å². The second-order valence-electron chi connectivity index (χ2n) is 3.54. The van der Waals surface area contributed by atoms with Crippen LogP contribution in [0, 0.1) is 0 Å². The first-order valence-electron chi connectivity index (χ1n) is 5.05. The molecule has 0 aliphatic carbocycles. The third-order valence-electron chi connectivity index (χ3n) is 2.15. The van der Waals surface area contributed by atoms with Crippen LogP contribution in [0.4, 0.5) is 13.2 Å². The Labute approximate surface area is 109 Å². The average Bonchev–Trinajstić information content (AvgIpc) is 2.27. The van der Waals surface area contributed by atoms with Crippen molar-refractivity contribution in [2.75, 3.05) is 6.61 Å². The van der Waals surface area contributed by atoms with Gasteiger partial charge in [-0.25, -0.2) is 4.98 Å². The minimum atomic E-state index is -4.22. The molecule has 2 aromatic heterocycles. The fourth-order valence-electron chi connectivity index (χ4n) is 1.37. The molecule has 0 unspecified atom stereocenters. The van der Waals surface area contributed by atoms with E-state index in [1.165, 1.54) is 12.3 Å². The fourth-order valence-corrected chi connectivity index (χ4v) is 1.69. The zero-order valence-electron chi connectivity index (χ0n) is 9.04. The Morgan fingerprint density at radius 1 is 1.28 bits per heavy atom. The average molecular weight is 321 g/mol. The lowest BCUT2D eigenvalue weighted by molar-refractivity contribution is -0.139. The number of pyridine rings is 2. The van der Waals surface area contributed by atoms with Gasteiger partial charge in [-0.05, 0) is 22.0 Å². The molecule has 0 fully saturated rings. The normalized spacial score (nSPS) is 11.8. The summed E-state index contributed by atoms with van der Waals surface area (Å²) in [4.78, 5) is 8.14. The summed E-state index contributed by atoms with van der Waals surface area (Å²) in [6.45, 7) is -0.430. The summed E-state index contributed by atoms with van der Waals surface area (Å²) < 4.78 is 41.9. The summed E-state index contributed by atoms with van der Waals surface area (Å²) in [5.74, 6) is 0.303. The highest BCUT2D eigenvalue weighted by Crippen LogP contribution is 2.25. The van der Waals surface area contributed by atoms with Crippen LogP contribution in [0.25, 0.3) is 11.0 Å². The Balaban J connectivity index is 2.18. The van der Waals surface area contributed by atoms with Gasteiger partial charge in [0.15, 0.2) is 0 Å². The molecule has 7 heteroatoms. The van der Waals surface area contributed by atoms with Gasteiger partial charge in [0.1, 0.15) is 11.3 Å². The third-order valence-corrected chi connectivity index (χ3v) is 2.58. The molecule has 0 aromatic carbocycles. The minimum absolute atomic E-state index is 0.303. The van der Waals surface area contributed by atoms with Crippen molar-refractivity contribution < 1.29 is 17.9 Å². The van der Waals surface area contributed by atoms with Crippen molar-refractivity contribution in [3.05, 3.63) is 29.0 Å². The number of alkyl halides is 3. The maximum atomic E-state index is 12.0. The van der Waals surface area contributed by atoms with Crippen LogP contribution in [0.15, 0.2) is 29.0 Å². The van der Waals surface area contributed by atoms with E-state index in [1.807, 2.05) is 0 Å². The van der Waals surface area contributed by atoms with Gasteiger partial charge >= 0.3 is 6.18 Å². The van der Waals surface area contributed by atoms with Crippen LogP contribution in [0.3, 0.4) is 0 Å². The maximum Gasteiger partial charge on any atom is 0.392 e. The molecule has 0 aliphatic heterocycles. The van der Waals surface area contributed by atoms with Crippen molar-refractivity contribution in [1.29, 1.82) is 0 Å². The number of aromatic nitrogens is 2. The summed E-state index contributed by atoms with van der Waals surface area (Å²) in [5.41, 5.74) is 1.01. The smallest absolute Gasteiger partial charge is 0.392 e.